The predicted molar refractivity (Wildman–Crippen MR) is 83.2 cm³/mol. The molecule has 3 heterocycles. The Kier molecular flexibility index (Phi) is 4.53. The number of rotatable bonds is 5. The number of aliphatic hydroxyl groups is 1. The first-order valence-corrected chi connectivity index (χ1v) is 7.80. The predicted octanol–water partition coefficient (Wildman–Crippen LogP) is 1.22. The monoisotopic (exact) mass is 288 g/mol. The first-order valence-electron chi connectivity index (χ1n) is 7.80. The molecule has 1 unspecified atom stereocenters. The van der Waals surface area contributed by atoms with Gasteiger partial charge in [0.15, 0.2) is 0 Å². The van der Waals surface area contributed by atoms with E-state index >= 15 is 0 Å². The third-order valence-electron chi connectivity index (χ3n) is 4.40. The van der Waals surface area contributed by atoms with Gasteiger partial charge >= 0.3 is 0 Å². The summed E-state index contributed by atoms with van der Waals surface area (Å²) in [5.41, 5.74) is 2.14. The topological polar surface area (TPSA) is 44.0 Å². The van der Waals surface area contributed by atoms with Crippen molar-refractivity contribution in [2.75, 3.05) is 32.8 Å². The van der Waals surface area contributed by atoms with Crippen LogP contribution in [0.5, 0.6) is 0 Å². The number of nitrogens with zero attached hydrogens (tertiary/aromatic N) is 4. The fraction of sp³-hybridized carbons (Fsp3) is 0.562. The van der Waals surface area contributed by atoms with Crippen LogP contribution in [0.2, 0.25) is 0 Å². The number of aromatic nitrogens is 2. The van der Waals surface area contributed by atoms with Crippen LogP contribution < -0.4 is 0 Å². The Balaban J connectivity index is 1.57. The standard InChI is InChI=1S/C16H24N4O/c1-2-15(13-21)19-9-7-18(8-10-19)11-14-12-20-6-4-3-5-16(20)17-14/h3-6,12,15,21H,2,7-11,13H2,1H3. The fourth-order valence-electron chi connectivity index (χ4n) is 3.08. The van der Waals surface area contributed by atoms with Gasteiger partial charge in [0.05, 0.1) is 12.3 Å². The lowest BCUT2D eigenvalue weighted by molar-refractivity contribution is 0.0604. The summed E-state index contributed by atoms with van der Waals surface area (Å²) >= 11 is 0. The van der Waals surface area contributed by atoms with Gasteiger partial charge in [0, 0.05) is 51.2 Å². The molecule has 2 aromatic heterocycles. The second-order valence-electron chi connectivity index (χ2n) is 5.76. The average molecular weight is 288 g/mol. The lowest BCUT2D eigenvalue weighted by atomic mass is 10.1. The van der Waals surface area contributed by atoms with Crippen LogP contribution in [-0.2, 0) is 6.54 Å². The minimum Gasteiger partial charge on any atom is -0.395 e. The molecule has 1 aliphatic heterocycles. The van der Waals surface area contributed by atoms with Crippen molar-refractivity contribution in [3.8, 4) is 0 Å². The molecule has 0 aromatic carbocycles. The average Bonchev–Trinajstić information content (AvgIpc) is 2.92. The molecule has 3 rings (SSSR count). The molecule has 1 fully saturated rings. The van der Waals surface area contributed by atoms with Gasteiger partial charge < -0.3 is 9.51 Å². The summed E-state index contributed by atoms with van der Waals surface area (Å²) in [6.45, 7) is 7.48. The van der Waals surface area contributed by atoms with Gasteiger partial charge in [-0.15, -0.1) is 0 Å². The van der Waals surface area contributed by atoms with Gasteiger partial charge in [-0.1, -0.05) is 13.0 Å². The second-order valence-corrected chi connectivity index (χ2v) is 5.76. The van der Waals surface area contributed by atoms with Gasteiger partial charge in [-0.3, -0.25) is 9.80 Å². The number of imidazole rings is 1. The van der Waals surface area contributed by atoms with Crippen LogP contribution in [0, 0.1) is 0 Å². The molecule has 21 heavy (non-hydrogen) atoms. The Morgan fingerprint density at radius 2 is 2.05 bits per heavy atom. The van der Waals surface area contributed by atoms with Crippen molar-refractivity contribution < 1.29 is 5.11 Å². The Bertz CT molecular complexity index is 537. The van der Waals surface area contributed by atoms with Gasteiger partial charge in [-0.2, -0.15) is 0 Å². The van der Waals surface area contributed by atoms with E-state index in [2.05, 4.69) is 32.3 Å². The van der Waals surface area contributed by atoms with Crippen molar-refractivity contribution >= 4 is 5.65 Å². The van der Waals surface area contributed by atoms with E-state index in [9.17, 15) is 5.11 Å². The van der Waals surface area contributed by atoms with E-state index in [1.165, 1.54) is 0 Å². The minimum absolute atomic E-state index is 0.267. The maximum Gasteiger partial charge on any atom is 0.137 e. The van der Waals surface area contributed by atoms with Crippen molar-refractivity contribution in [2.24, 2.45) is 0 Å². The zero-order valence-corrected chi connectivity index (χ0v) is 12.6. The molecule has 0 saturated carbocycles. The summed E-state index contributed by atoms with van der Waals surface area (Å²) < 4.78 is 2.07. The third kappa shape index (κ3) is 3.26. The zero-order chi connectivity index (χ0) is 14.7. The molecular formula is C16H24N4O. The highest BCUT2D eigenvalue weighted by atomic mass is 16.3. The number of aliphatic hydroxyl groups excluding tert-OH is 1. The maximum atomic E-state index is 9.39. The van der Waals surface area contributed by atoms with Gasteiger partial charge in [-0.05, 0) is 18.6 Å². The van der Waals surface area contributed by atoms with Crippen LogP contribution in [0.4, 0.5) is 0 Å². The Labute approximate surface area is 125 Å². The lowest BCUT2D eigenvalue weighted by Gasteiger charge is -2.38. The Hall–Kier alpha value is -1.43. The molecule has 0 amide bonds. The van der Waals surface area contributed by atoms with Crippen LogP contribution in [-0.4, -0.2) is 63.1 Å². The van der Waals surface area contributed by atoms with Crippen molar-refractivity contribution in [1.82, 2.24) is 19.2 Å². The molecule has 114 valence electrons. The molecule has 0 spiro atoms. The zero-order valence-electron chi connectivity index (χ0n) is 12.6. The Morgan fingerprint density at radius 1 is 1.24 bits per heavy atom. The van der Waals surface area contributed by atoms with E-state index in [1.54, 1.807) is 0 Å². The minimum atomic E-state index is 0.267. The number of hydrogen-bond donors (Lipinski definition) is 1. The summed E-state index contributed by atoms with van der Waals surface area (Å²) in [4.78, 5) is 9.51. The highest BCUT2D eigenvalue weighted by molar-refractivity contribution is 5.39. The fourth-order valence-corrected chi connectivity index (χ4v) is 3.08. The van der Waals surface area contributed by atoms with Crippen molar-refractivity contribution in [3.63, 3.8) is 0 Å². The lowest BCUT2D eigenvalue weighted by Crippen LogP contribution is -2.50. The van der Waals surface area contributed by atoms with Gasteiger partial charge in [0.25, 0.3) is 0 Å². The molecule has 1 atom stereocenters. The molecule has 5 nitrogen and oxygen atoms in total. The van der Waals surface area contributed by atoms with E-state index in [0.29, 0.717) is 6.04 Å². The second kappa shape index (κ2) is 6.56. The van der Waals surface area contributed by atoms with E-state index in [1.807, 2.05) is 24.4 Å². The van der Waals surface area contributed by atoms with Gasteiger partial charge in [0.1, 0.15) is 5.65 Å². The quantitative estimate of drug-likeness (QED) is 0.898. The molecule has 0 aliphatic carbocycles. The number of pyridine rings is 1. The summed E-state index contributed by atoms with van der Waals surface area (Å²) in [6.07, 6.45) is 5.17. The molecule has 1 aliphatic rings. The first kappa shape index (κ1) is 14.5. The molecule has 5 heteroatoms. The molecule has 0 radical (unpaired) electrons. The SMILES string of the molecule is CCC(CO)N1CCN(Cc2cn3ccccc3n2)CC1. The highest BCUT2D eigenvalue weighted by Crippen LogP contribution is 2.12. The van der Waals surface area contributed by atoms with E-state index in [0.717, 1.165) is 50.5 Å². The number of piperazine rings is 1. The molecule has 0 bridgehead atoms. The molecular weight excluding hydrogens is 264 g/mol. The van der Waals surface area contributed by atoms with Crippen LogP contribution in [0.1, 0.15) is 19.0 Å². The normalized spacial score (nSPS) is 19.1. The highest BCUT2D eigenvalue weighted by Gasteiger charge is 2.22. The van der Waals surface area contributed by atoms with E-state index < -0.39 is 0 Å². The number of fused-ring (bicyclic) bond motifs is 1. The molecule has 1 N–H and O–H groups in total. The van der Waals surface area contributed by atoms with Crippen LogP contribution in [0.3, 0.4) is 0 Å². The molecule has 1 saturated heterocycles. The number of hydrogen-bond acceptors (Lipinski definition) is 4. The molecule has 2 aromatic rings. The maximum absolute atomic E-state index is 9.39. The summed E-state index contributed by atoms with van der Waals surface area (Å²) in [7, 11) is 0. The Morgan fingerprint density at radius 3 is 2.71 bits per heavy atom. The third-order valence-corrected chi connectivity index (χ3v) is 4.40. The first-order chi connectivity index (χ1) is 10.3. The van der Waals surface area contributed by atoms with Crippen LogP contribution in [0.25, 0.3) is 5.65 Å². The van der Waals surface area contributed by atoms with E-state index in [-0.39, 0.29) is 6.61 Å². The van der Waals surface area contributed by atoms with Crippen molar-refractivity contribution in [2.45, 2.75) is 25.9 Å². The van der Waals surface area contributed by atoms with Crippen LogP contribution >= 0.6 is 0 Å². The smallest absolute Gasteiger partial charge is 0.137 e. The largest absolute Gasteiger partial charge is 0.395 e. The van der Waals surface area contributed by atoms with Crippen molar-refractivity contribution in [3.05, 3.63) is 36.3 Å². The van der Waals surface area contributed by atoms with Crippen molar-refractivity contribution in [1.29, 1.82) is 0 Å². The summed E-state index contributed by atoms with van der Waals surface area (Å²) in [5, 5.41) is 9.39. The summed E-state index contributed by atoms with van der Waals surface area (Å²) in [6, 6.07) is 6.40. The van der Waals surface area contributed by atoms with Gasteiger partial charge in [0.2, 0.25) is 0 Å². The van der Waals surface area contributed by atoms with Crippen LogP contribution in [0.15, 0.2) is 30.6 Å². The van der Waals surface area contributed by atoms with Gasteiger partial charge in [-0.25, -0.2) is 4.98 Å². The van der Waals surface area contributed by atoms with E-state index in [4.69, 9.17) is 0 Å². The summed E-state index contributed by atoms with van der Waals surface area (Å²) in [5.74, 6) is 0.